The van der Waals surface area contributed by atoms with E-state index in [2.05, 4.69) is 47.1 Å². The van der Waals surface area contributed by atoms with Gasteiger partial charge in [-0.05, 0) is 51.0 Å². The number of nitrogens with zero attached hydrogens (tertiary/aromatic N) is 2. The highest BCUT2D eigenvalue weighted by Crippen LogP contribution is 2.37. The van der Waals surface area contributed by atoms with Crippen molar-refractivity contribution in [2.45, 2.75) is 6.54 Å². The van der Waals surface area contributed by atoms with Crippen LogP contribution < -0.4 is 14.8 Å². The highest BCUT2D eigenvalue weighted by atomic mass is 79.9. The number of hydrogen-bond donors (Lipinski definition) is 1. The van der Waals surface area contributed by atoms with Gasteiger partial charge in [-0.2, -0.15) is 0 Å². The molecule has 0 spiro atoms. The first-order valence-electron chi connectivity index (χ1n) is 5.80. The minimum Gasteiger partial charge on any atom is -0.496 e. The van der Waals surface area contributed by atoms with Crippen LogP contribution in [0.5, 0.6) is 17.4 Å². The highest BCUT2D eigenvalue weighted by Gasteiger charge is 2.10. The zero-order chi connectivity index (χ0) is 14.5. The number of hydrogen-bond acceptors (Lipinski definition) is 5. The fourth-order valence-electron chi connectivity index (χ4n) is 1.56. The summed E-state index contributed by atoms with van der Waals surface area (Å²) in [5, 5.41) is 3.02. The number of benzene rings is 1. The van der Waals surface area contributed by atoms with E-state index in [1.54, 1.807) is 19.5 Å². The minimum atomic E-state index is 0.440. The molecule has 0 bridgehead atoms. The first kappa shape index (κ1) is 15.2. The van der Waals surface area contributed by atoms with E-state index in [0.29, 0.717) is 18.2 Å². The molecule has 0 unspecified atom stereocenters. The molecule has 0 aliphatic heterocycles. The van der Waals surface area contributed by atoms with Crippen LogP contribution in [0.4, 0.5) is 0 Å². The van der Waals surface area contributed by atoms with Crippen molar-refractivity contribution in [3.63, 3.8) is 0 Å². The fourth-order valence-corrected chi connectivity index (χ4v) is 2.45. The molecule has 0 atom stereocenters. The van der Waals surface area contributed by atoms with E-state index in [-0.39, 0.29) is 0 Å². The molecule has 0 aliphatic rings. The molecule has 0 amide bonds. The lowest BCUT2D eigenvalue weighted by atomic mass is 10.3. The number of rotatable bonds is 5. The molecule has 2 rings (SSSR count). The van der Waals surface area contributed by atoms with Gasteiger partial charge in [0.1, 0.15) is 11.5 Å². The van der Waals surface area contributed by atoms with E-state index < -0.39 is 0 Å². The zero-order valence-electron chi connectivity index (χ0n) is 11.0. The van der Waals surface area contributed by atoms with Crippen LogP contribution in [0.2, 0.25) is 0 Å². The number of halogens is 2. The van der Waals surface area contributed by atoms with Crippen LogP contribution in [0.1, 0.15) is 5.69 Å². The minimum absolute atomic E-state index is 0.440. The Morgan fingerprint density at radius 1 is 1.15 bits per heavy atom. The molecule has 20 heavy (non-hydrogen) atoms. The van der Waals surface area contributed by atoms with E-state index in [9.17, 15) is 0 Å². The van der Waals surface area contributed by atoms with Crippen LogP contribution in [0, 0.1) is 0 Å². The predicted octanol–water partition coefficient (Wildman–Crippen LogP) is 3.52. The summed E-state index contributed by atoms with van der Waals surface area (Å²) in [5.41, 5.74) is 0.814. The summed E-state index contributed by atoms with van der Waals surface area (Å²) in [4.78, 5) is 8.46. The van der Waals surface area contributed by atoms with Crippen LogP contribution in [-0.4, -0.2) is 24.1 Å². The number of methoxy groups -OCH3 is 1. The van der Waals surface area contributed by atoms with Crippen LogP contribution in [0.25, 0.3) is 0 Å². The zero-order valence-corrected chi connectivity index (χ0v) is 14.2. The smallest absolute Gasteiger partial charge is 0.238 e. The highest BCUT2D eigenvalue weighted by molar-refractivity contribution is 9.11. The summed E-state index contributed by atoms with van der Waals surface area (Å²) in [6.07, 6.45) is 3.27. The van der Waals surface area contributed by atoms with Gasteiger partial charge < -0.3 is 14.8 Å². The van der Waals surface area contributed by atoms with Crippen molar-refractivity contribution in [2.24, 2.45) is 0 Å². The normalized spacial score (nSPS) is 10.4. The first-order chi connectivity index (χ1) is 9.63. The largest absolute Gasteiger partial charge is 0.496 e. The molecule has 0 saturated carbocycles. The van der Waals surface area contributed by atoms with Gasteiger partial charge in [0.25, 0.3) is 0 Å². The average molecular weight is 403 g/mol. The number of ether oxygens (including phenoxy) is 2. The maximum absolute atomic E-state index is 5.74. The quantitative estimate of drug-likeness (QED) is 0.829. The molecule has 0 saturated heterocycles. The molecule has 1 aromatic carbocycles. The summed E-state index contributed by atoms with van der Waals surface area (Å²) in [5.74, 6) is 1.79. The molecule has 1 N–H and O–H groups in total. The van der Waals surface area contributed by atoms with Crippen molar-refractivity contribution in [3.8, 4) is 17.4 Å². The van der Waals surface area contributed by atoms with E-state index in [1.165, 1.54) is 0 Å². The molecule has 2 aromatic rings. The van der Waals surface area contributed by atoms with Crippen molar-refractivity contribution < 1.29 is 9.47 Å². The molecule has 0 aliphatic carbocycles. The Bertz CT molecular complexity index is 608. The van der Waals surface area contributed by atoms with Crippen molar-refractivity contribution in [3.05, 3.63) is 39.2 Å². The SMILES string of the molecule is CNCc1cncc(Oc2cc(Br)c(OC)cc2Br)n1. The molecule has 5 nitrogen and oxygen atoms in total. The molecule has 7 heteroatoms. The molecular formula is C13H13Br2N3O2. The lowest BCUT2D eigenvalue weighted by Gasteiger charge is -2.10. The van der Waals surface area contributed by atoms with Crippen LogP contribution >= 0.6 is 31.9 Å². The summed E-state index contributed by atoms with van der Waals surface area (Å²) in [6, 6.07) is 3.64. The van der Waals surface area contributed by atoms with E-state index in [4.69, 9.17) is 9.47 Å². The Morgan fingerprint density at radius 2 is 1.85 bits per heavy atom. The second-order valence-electron chi connectivity index (χ2n) is 3.90. The Morgan fingerprint density at radius 3 is 2.55 bits per heavy atom. The van der Waals surface area contributed by atoms with Gasteiger partial charge in [0.2, 0.25) is 5.88 Å². The van der Waals surface area contributed by atoms with Crippen molar-refractivity contribution >= 4 is 31.9 Å². The van der Waals surface area contributed by atoms with Crippen LogP contribution in [0.3, 0.4) is 0 Å². The summed E-state index contributed by atoms with van der Waals surface area (Å²) in [6.45, 7) is 0.637. The molecule has 0 fully saturated rings. The number of nitrogens with one attached hydrogen (secondary N) is 1. The Hall–Kier alpha value is -1.18. The fraction of sp³-hybridized carbons (Fsp3) is 0.231. The molecule has 106 valence electrons. The van der Waals surface area contributed by atoms with Gasteiger partial charge in [0, 0.05) is 12.7 Å². The van der Waals surface area contributed by atoms with Crippen molar-refractivity contribution in [1.82, 2.24) is 15.3 Å². The second kappa shape index (κ2) is 7.01. The van der Waals surface area contributed by atoms with E-state index in [1.807, 2.05) is 19.2 Å². The Kier molecular flexibility index (Phi) is 5.33. The monoisotopic (exact) mass is 401 g/mol. The van der Waals surface area contributed by atoms with Gasteiger partial charge in [0.15, 0.2) is 0 Å². The summed E-state index contributed by atoms with van der Waals surface area (Å²) in [7, 11) is 3.46. The van der Waals surface area contributed by atoms with Gasteiger partial charge in [-0.1, -0.05) is 0 Å². The van der Waals surface area contributed by atoms with Crippen LogP contribution in [0.15, 0.2) is 33.5 Å². The van der Waals surface area contributed by atoms with Crippen LogP contribution in [-0.2, 0) is 6.54 Å². The average Bonchev–Trinajstić information content (AvgIpc) is 2.43. The van der Waals surface area contributed by atoms with Crippen molar-refractivity contribution in [1.29, 1.82) is 0 Å². The topological polar surface area (TPSA) is 56.3 Å². The molecule has 0 radical (unpaired) electrons. The Balaban J connectivity index is 2.25. The lowest BCUT2D eigenvalue weighted by Crippen LogP contribution is -2.07. The maximum Gasteiger partial charge on any atom is 0.238 e. The maximum atomic E-state index is 5.74. The third kappa shape index (κ3) is 3.68. The lowest BCUT2D eigenvalue weighted by molar-refractivity contribution is 0.408. The molecule has 1 heterocycles. The predicted molar refractivity (Wildman–Crippen MR) is 83.3 cm³/mol. The summed E-state index contributed by atoms with van der Waals surface area (Å²) < 4.78 is 12.5. The van der Waals surface area contributed by atoms with E-state index >= 15 is 0 Å². The second-order valence-corrected chi connectivity index (χ2v) is 5.61. The third-order valence-electron chi connectivity index (χ3n) is 2.44. The first-order valence-corrected chi connectivity index (χ1v) is 7.39. The van der Waals surface area contributed by atoms with Gasteiger partial charge in [-0.3, -0.25) is 4.98 Å². The van der Waals surface area contributed by atoms with Gasteiger partial charge in [0.05, 0.1) is 27.9 Å². The van der Waals surface area contributed by atoms with E-state index in [0.717, 1.165) is 20.4 Å². The van der Waals surface area contributed by atoms with Gasteiger partial charge in [-0.15, -0.1) is 0 Å². The van der Waals surface area contributed by atoms with Gasteiger partial charge in [-0.25, -0.2) is 4.98 Å². The molecular weight excluding hydrogens is 390 g/mol. The van der Waals surface area contributed by atoms with Gasteiger partial charge >= 0.3 is 0 Å². The standard InChI is InChI=1S/C13H13Br2N3O2/c1-16-5-8-6-17-7-13(18-8)20-12-4-9(14)11(19-2)3-10(12)15/h3-4,6-7,16H,5H2,1-2H3. The summed E-state index contributed by atoms with van der Waals surface area (Å²) >= 11 is 6.86. The third-order valence-corrected chi connectivity index (χ3v) is 3.68. The number of aromatic nitrogens is 2. The molecule has 1 aromatic heterocycles. The Labute approximate surface area is 134 Å². The van der Waals surface area contributed by atoms with Crippen molar-refractivity contribution in [2.75, 3.05) is 14.2 Å².